The van der Waals surface area contributed by atoms with E-state index < -0.39 is 17.6 Å². The number of benzene rings is 1. The van der Waals surface area contributed by atoms with Gasteiger partial charge in [0.1, 0.15) is 11.2 Å². The van der Waals surface area contributed by atoms with E-state index in [1.165, 1.54) is 25.6 Å². The molecule has 1 aliphatic heterocycles. The van der Waals surface area contributed by atoms with Crippen molar-refractivity contribution in [2.75, 3.05) is 12.0 Å². The van der Waals surface area contributed by atoms with Crippen LogP contribution in [0.5, 0.6) is 0 Å². The highest BCUT2D eigenvalue weighted by Gasteiger charge is 2.43. The maximum atomic E-state index is 12.5. The number of hydrogen-bond donors (Lipinski definition) is 2. The number of carboxylic acids is 1. The predicted octanol–water partition coefficient (Wildman–Crippen LogP) is 2.34. The molecule has 1 heterocycles. The van der Waals surface area contributed by atoms with Gasteiger partial charge in [0.25, 0.3) is 5.91 Å². The van der Waals surface area contributed by atoms with Crippen molar-refractivity contribution in [2.24, 2.45) is 5.41 Å². The van der Waals surface area contributed by atoms with Crippen LogP contribution in [-0.2, 0) is 14.3 Å². The minimum Gasteiger partial charge on any atom is -0.481 e. The highest BCUT2D eigenvalue weighted by molar-refractivity contribution is 7.98. The van der Waals surface area contributed by atoms with Crippen LogP contribution >= 0.6 is 11.8 Å². The Bertz CT molecular complexity index is 610. The molecule has 1 aromatic carbocycles. The van der Waals surface area contributed by atoms with Gasteiger partial charge in [0.05, 0.1) is 11.3 Å². The molecule has 5 nitrogen and oxygen atoms in total. The van der Waals surface area contributed by atoms with Crippen molar-refractivity contribution in [1.82, 2.24) is 5.32 Å². The van der Waals surface area contributed by atoms with Crippen molar-refractivity contribution in [3.63, 3.8) is 0 Å². The Morgan fingerprint density at radius 1 is 1.36 bits per heavy atom. The van der Waals surface area contributed by atoms with Crippen molar-refractivity contribution in [1.29, 1.82) is 0 Å². The summed E-state index contributed by atoms with van der Waals surface area (Å²) < 4.78 is 5.84. The molecule has 0 aliphatic carbocycles. The molecule has 0 spiro atoms. The maximum Gasteiger partial charge on any atom is 0.314 e. The lowest BCUT2D eigenvalue weighted by Gasteiger charge is -2.36. The Morgan fingerprint density at radius 2 is 2.00 bits per heavy atom. The van der Waals surface area contributed by atoms with E-state index in [1.807, 2.05) is 36.6 Å². The summed E-state index contributed by atoms with van der Waals surface area (Å²) in [6, 6.07) is 9.23. The van der Waals surface area contributed by atoms with E-state index in [9.17, 15) is 14.7 Å². The molecule has 0 saturated carbocycles. The van der Waals surface area contributed by atoms with Crippen LogP contribution in [0.2, 0.25) is 0 Å². The van der Waals surface area contributed by atoms with Crippen LogP contribution in [-0.4, -0.2) is 35.2 Å². The van der Waals surface area contributed by atoms with Crippen molar-refractivity contribution < 1.29 is 19.4 Å². The standard InChI is InChI=1S/C16H19NO4S/c1-16(2,15(19)20)14-17-13(18)12(11(21-14)9-22-3)10-7-5-4-6-8-10/h4-8,14H,9H2,1-3H3,(H,17,18)(H,19,20). The number of thioether (sulfide) groups is 1. The molecule has 0 fully saturated rings. The number of aliphatic carboxylic acids is 1. The van der Waals surface area contributed by atoms with E-state index in [2.05, 4.69) is 5.32 Å². The minimum atomic E-state index is -1.22. The fraction of sp³-hybridized carbons (Fsp3) is 0.375. The molecule has 1 amide bonds. The molecule has 0 saturated heterocycles. The quantitative estimate of drug-likeness (QED) is 0.870. The van der Waals surface area contributed by atoms with E-state index in [-0.39, 0.29) is 5.91 Å². The van der Waals surface area contributed by atoms with Crippen LogP contribution < -0.4 is 5.32 Å². The first-order valence-corrected chi connectivity index (χ1v) is 8.25. The molecule has 0 radical (unpaired) electrons. The van der Waals surface area contributed by atoms with Crippen LogP contribution in [0.15, 0.2) is 36.1 Å². The van der Waals surface area contributed by atoms with Crippen LogP contribution in [0.25, 0.3) is 5.57 Å². The molecule has 1 aromatic rings. The molecule has 6 heteroatoms. The molecular weight excluding hydrogens is 302 g/mol. The summed E-state index contributed by atoms with van der Waals surface area (Å²) in [5.74, 6) is -0.309. The van der Waals surface area contributed by atoms with Gasteiger partial charge >= 0.3 is 5.97 Å². The van der Waals surface area contributed by atoms with E-state index >= 15 is 0 Å². The summed E-state index contributed by atoms with van der Waals surface area (Å²) >= 11 is 1.52. The van der Waals surface area contributed by atoms with Gasteiger partial charge in [-0.1, -0.05) is 30.3 Å². The molecule has 1 unspecified atom stereocenters. The smallest absolute Gasteiger partial charge is 0.314 e. The fourth-order valence-corrected chi connectivity index (χ4v) is 2.60. The van der Waals surface area contributed by atoms with Gasteiger partial charge in [0.2, 0.25) is 0 Å². The fourth-order valence-electron chi connectivity index (χ4n) is 2.12. The first-order valence-electron chi connectivity index (χ1n) is 6.86. The van der Waals surface area contributed by atoms with Gasteiger partial charge in [-0.2, -0.15) is 11.8 Å². The highest BCUT2D eigenvalue weighted by Crippen LogP contribution is 2.32. The van der Waals surface area contributed by atoms with Crippen molar-refractivity contribution in [3.05, 3.63) is 41.7 Å². The third-order valence-corrected chi connectivity index (χ3v) is 4.12. The molecule has 118 valence electrons. The number of carboxylic acid groups (broad SMARTS) is 1. The van der Waals surface area contributed by atoms with E-state index in [1.54, 1.807) is 0 Å². The molecule has 22 heavy (non-hydrogen) atoms. The SMILES string of the molecule is CSCC1=C(c2ccccc2)C(=O)NC(C(C)(C)C(=O)O)O1. The molecule has 0 bridgehead atoms. The number of carbonyl (C=O) groups excluding carboxylic acids is 1. The normalized spacial score (nSPS) is 18.7. The second-order valence-corrected chi connectivity index (χ2v) is 6.46. The summed E-state index contributed by atoms with van der Waals surface area (Å²) in [5, 5.41) is 12.0. The van der Waals surface area contributed by atoms with E-state index in [4.69, 9.17) is 4.74 Å². The second-order valence-electron chi connectivity index (χ2n) is 5.60. The van der Waals surface area contributed by atoms with Gasteiger partial charge < -0.3 is 15.2 Å². The molecular formula is C16H19NO4S. The van der Waals surface area contributed by atoms with Gasteiger partial charge in [0.15, 0.2) is 6.23 Å². The average Bonchev–Trinajstić information content (AvgIpc) is 2.48. The van der Waals surface area contributed by atoms with Crippen LogP contribution in [0.1, 0.15) is 19.4 Å². The number of carbonyl (C=O) groups is 2. The van der Waals surface area contributed by atoms with Crippen molar-refractivity contribution >= 4 is 29.2 Å². The summed E-state index contributed by atoms with van der Waals surface area (Å²) in [6.45, 7) is 3.06. The Balaban J connectivity index is 2.43. The largest absolute Gasteiger partial charge is 0.481 e. The molecule has 2 rings (SSSR count). The zero-order valence-electron chi connectivity index (χ0n) is 12.8. The summed E-state index contributed by atoms with van der Waals surface area (Å²) in [4.78, 5) is 23.9. The van der Waals surface area contributed by atoms with Gasteiger partial charge in [-0.25, -0.2) is 0 Å². The maximum absolute atomic E-state index is 12.5. The van der Waals surface area contributed by atoms with E-state index in [0.29, 0.717) is 17.1 Å². The number of nitrogens with one attached hydrogen (secondary N) is 1. The van der Waals surface area contributed by atoms with Gasteiger partial charge in [0, 0.05) is 0 Å². The third kappa shape index (κ3) is 3.11. The topological polar surface area (TPSA) is 75.6 Å². The summed E-state index contributed by atoms with van der Waals surface area (Å²) in [7, 11) is 0. The Morgan fingerprint density at radius 3 is 2.55 bits per heavy atom. The third-order valence-electron chi connectivity index (χ3n) is 3.57. The first-order chi connectivity index (χ1) is 10.4. The highest BCUT2D eigenvalue weighted by atomic mass is 32.2. The molecule has 2 N–H and O–H groups in total. The second kappa shape index (κ2) is 6.44. The minimum absolute atomic E-state index is 0.305. The number of amides is 1. The number of rotatable bonds is 5. The van der Waals surface area contributed by atoms with Crippen LogP contribution in [0.3, 0.4) is 0 Å². The number of ether oxygens (including phenoxy) is 1. The van der Waals surface area contributed by atoms with E-state index in [0.717, 1.165) is 5.56 Å². The Labute approximate surface area is 133 Å². The molecule has 1 aliphatic rings. The van der Waals surface area contributed by atoms with Crippen molar-refractivity contribution in [2.45, 2.75) is 20.1 Å². The van der Waals surface area contributed by atoms with Gasteiger partial charge in [-0.15, -0.1) is 0 Å². The van der Waals surface area contributed by atoms with Crippen LogP contribution in [0.4, 0.5) is 0 Å². The lowest BCUT2D eigenvalue weighted by molar-refractivity contribution is -0.157. The molecule has 1 atom stereocenters. The Kier molecular flexibility index (Phi) is 4.81. The summed E-state index contributed by atoms with van der Waals surface area (Å²) in [5.41, 5.74) is 0.00432. The first kappa shape index (κ1) is 16.4. The lowest BCUT2D eigenvalue weighted by atomic mass is 9.89. The zero-order valence-corrected chi connectivity index (χ0v) is 13.6. The van der Waals surface area contributed by atoms with Gasteiger partial charge in [-0.3, -0.25) is 9.59 Å². The number of hydrogen-bond acceptors (Lipinski definition) is 4. The Hall–Kier alpha value is -1.95. The van der Waals surface area contributed by atoms with Crippen LogP contribution in [0, 0.1) is 5.41 Å². The zero-order chi connectivity index (χ0) is 16.3. The average molecular weight is 321 g/mol. The monoisotopic (exact) mass is 321 g/mol. The summed E-state index contributed by atoms with van der Waals surface area (Å²) in [6.07, 6.45) is 1.01. The van der Waals surface area contributed by atoms with Gasteiger partial charge in [-0.05, 0) is 25.7 Å². The van der Waals surface area contributed by atoms with Crippen molar-refractivity contribution in [3.8, 4) is 0 Å². The predicted molar refractivity (Wildman–Crippen MR) is 86.2 cm³/mol. The lowest BCUT2D eigenvalue weighted by Crippen LogP contribution is -2.53. The molecule has 0 aromatic heterocycles.